The predicted octanol–water partition coefficient (Wildman–Crippen LogP) is 4.78. The Morgan fingerprint density at radius 3 is 2.50 bits per heavy atom. The number of benzene rings is 1. The number of nitrogens with one attached hydrogen (secondary N) is 1. The van der Waals surface area contributed by atoms with Gasteiger partial charge in [0.2, 0.25) is 0 Å². The molecule has 3 heterocycles. The third kappa shape index (κ3) is 3.34. The molecule has 1 aromatic carbocycles. The van der Waals surface area contributed by atoms with Crippen LogP contribution in [0.3, 0.4) is 0 Å². The van der Waals surface area contributed by atoms with E-state index in [-0.39, 0.29) is 4.90 Å². The molecule has 0 unspecified atom stereocenters. The average molecular weight is 415 g/mol. The van der Waals surface area contributed by atoms with Crippen molar-refractivity contribution < 1.29 is 17.5 Å². The van der Waals surface area contributed by atoms with Gasteiger partial charge in [-0.15, -0.1) is 11.3 Å². The molecule has 0 atom stereocenters. The summed E-state index contributed by atoms with van der Waals surface area (Å²) in [6.45, 7) is 5.45. The number of nitrogens with zero attached hydrogens (tertiary/aromatic N) is 2. The Labute approximate surface area is 166 Å². The first kappa shape index (κ1) is 18.5. The molecule has 0 spiro atoms. The summed E-state index contributed by atoms with van der Waals surface area (Å²) in [6, 6.07) is 10.4. The Balaban J connectivity index is 1.75. The molecule has 4 aromatic rings. The lowest BCUT2D eigenvalue weighted by atomic mass is 10.1. The van der Waals surface area contributed by atoms with Crippen LogP contribution in [0.5, 0.6) is 0 Å². The molecule has 0 aliphatic rings. The summed E-state index contributed by atoms with van der Waals surface area (Å²) in [4.78, 5) is 1.74. The average Bonchev–Trinajstić information content (AvgIpc) is 3.35. The minimum Gasteiger partial charge on any atom is -0.356 e. The van der Waals surface area contributed by atoms with Crippen LogP contribution in [-0.4, -0.2) is 18.7 Å². The normalized spacial score (nSPS) is 11.7. The van der Waals surface area contributed by atoms with Gasteiger partial charge in [-0.3, -0.25) is 4.72 Å². The minimum atomic E-state index is -3.85. The minimum absolute atomic E-state index is 0.205. The van der Waals surface area contributed by atoms with Crippen molar-refractivity contribution in [2.75, 3.05) is 4.72 Å². The number of hydrogen-bond donors (Lipinski definition) is 1. The van der Waals surface area contributed by atoms with Crippen LogP contribution in [-0.2, 0) is 10.0 Å². The van der Waals surface area contributed by atoms with Crippen molar-refractivity contribution in [3.63, 3.8) is 0 Å². The lowest BCUT2D eigenvalue weighted by Crippen LogP contribution is -2.14. The van der Waals surface area contributed by atoms with Crippen molar-refractivity contribution >= 4 is 27.0 Å². The van der Waals surface area contributed by atoms with Crippen LogP contribution in [0.25, 0.3) is 22.6 Å². The van der Waals surface area contributed by atoms with E-state index in [4.69, 9.17) is 9.05 Å². The molecular weight excluding hydrogens is 398 g/mol. The highest BCUT2D eigenvalue weighted by Crippen LogP contribution is 2.40. The van der Waals surface area contributed by atoms with E-state index in [9.17, 15) is 8.42 Å². The molecule has 9 heteroatoms. The predicted molar refractivity (Wildman–Crippen MR) is 107 cm³/mol. The molecule has 1 N–H and O–H groups in total. The van der Waals surface area contributed by atoms with Crippen molar-refractivity contribution in [3.8, 4) is 22.6 Å². The van der Waals surface area contributed by atoms with E-state index in [1.54, 1.807) is 44.2 Å². The highest BCUT2D eigenvalue weighted by molar-refractivity contribution is 7.93. The monoisotopic (exact) mass is 415 g/mol. The van der Waals surface area contributed by atoms with Crippen LogP contribution < -0.4 is 4.72 Å². The number of aromatic nitrogens is 2. The Bertz CT molecular complexity index is 1240. The van der Waals surface area contributed by atoms with Crippen LogP contribution in [0.4, 0.5) is 5.69 Å². The molecule has 28 heavy (non-hydrogen) atoms. The summed E-state index contributed by atoms with van der Waals surface area (Å²) in [7, 11) is -3.85. The summed E-state index contributed by atoms with van der Waals surface area (Å²) >= 11 is 1.41. The van der Waals surface area contributed by atoms with Gasteiger partial charge in [0.15, 0.2) is 11.5 Å². The second kappa shape index (κ2) is 6.92. The van der Waals surface area contributed by atoms with E-state index in [0.717, 1.165) is 10.4 Å². The van der Waals surface area contributed by atoms with Crippen molar-refractivity contribution in [3.05, 3.63) is 58.0 Å². The summed E-state index contributed by atoms with van der Waals surface area (Å²) in [5.74, 6) is 0.997. The fourth-order valence-corrected chi connectivity index (χ4v) is 5.98. The van der Waals surface area contributed by atoms with Gasteiger partial charge in [0.1, 0.15) is 4.90 Å². The largest absolute Gasteiger partial charge is 0.356 e. The fraction of sp³-hybridized carbons (Fsp3) is 0.158. The Morgan fingerprint density at radius 1 is 1.00 bits per heavy atom. The lowest BCUT2D eigenvalue weighted by Gasteiger charge is -2.10. The number of thiophene rings is 1. The van der Waals surface area contributed by atoms with Gasteiger partial charge in [-0.05, 0) is 32.9 Å². The van der Waals surface area contributed by atoms with Gasteiger partial charge < -0.3 is 9.05 Å². The van der Waals surface area contributed by atoms with Crippen molar-refractivity contribution in [2.45, 2.75) is 25.7 Å². The van der Waals surface area contributed by atoms with Crippen molar-refractivity contribution in [1.82, 2.24) is 10.3 Å². The number of aryl methyl sites for hydroxylation is 3. The van der Waals surface area contributed by atoms with Crippen LogP contribution >= 0.6 is 11.3 Å². The molecule has 7 nitrogen and oxygen atoms in total. The number of anilines is 1. The number of sulfonamides is 1. The van der Waals surface area contributed by atoms with E-state index in [0.29, 0.717) is 33.3 Å². The van der Waals surface area contributed by atoms with E-state index in [2.05, 4.69) is 15.0 Å². The zero-order chi connectivity index (χ0) is 19.9. The molecular formula is C19H17N3O4S2. The van der Waals surface area contributed by atoms with Gasteiger partial charge in [-0.1, -0.05) is 22.4 Å². The van der Waals surface area contributed by atoms with E-state index >= 15 is 0 Å². The molecule has 0 fully saturated rings. The van der Waals surface area contributed by atoms with Gasteiger partial charge in [-0.25, -0.2) is 8.42 Å². The molecule has 0 aliphatic heterocycles. The third-order valence-electron chi connectivity index (χ3n) is 4.19. The SMILES string of the molecule is Cc1cc(-c2c(C)sc(C)c2S(=O)(=O)Nc2cccc(-c3ccno3)c2)on1. The van der Waals surface area contributed by atoms with E-state index < -0.39 is 10.0 Å². The highest BCUT2D eigenvalue weighted by atomic mass is 32.2. The zero-order valence-electron chi connectivity index (χ0n) is 15.4. The first-order valence-corrected chi connectivity index (χ1v) is 10.7. The summed E-state index contributed by atoms with van der Waals surface area (Å²) < 4.78 is 39.6. The van der Waals surface area contributed by atoms with Crippen molar-refractivity contribution in [2.24, 2.45) is 0 Å². The molecule has 0 aliphatic carbocycles. The number of rotatable bonds is 5. The fourth-order valence-electron chi connectivity index (χ4n) is 3.06. The molecule has 3 aromatic heterocycles. The van der Waals surface area contributed by atoms with E-state index in [1.165, 1.54) is 17.5 Å². The molecule has 0 saturated carbocycles. The van der Waals surface area contributed by atoms with Crippen LogP contribution in [0.1, 0.15) is 15.4 Å². The second-order valence-corrected chi connectivity index (χ2v) is 9.36. The summed E-state index contributed by atoms with van der Waals surface area (Å²) in [6.07, 6.45) is 1.54. The molecule has 0 saturated heterocycles. The van der Waals surface area contributed by atoms with Crippen LogP contribution in [0.2, 0.25) is 0 Å². The Kier molecular flexibility index (Phi) is 4.56. The van der Waals surface area contributed by atoms with Crippen LogP contribution in [0.15, 0.2) is 56.5 Å². The highest BCUT2D eigenvalue weighted by Gasteiger charge is 2.28. The Hall–Kier alpha value is -2.91. The quantitative estimate of drug-likeness (QED) is 0.503. The maximum absolute atomic E-state index is 13.2. The van der Waals surface area contributed by atoms with Gasteiger partial charge in [0.05, 0.1) is 17.5 Å². The summed E-state index contributed by atoms with van der Waals surface area (Å²) in [5.41, 5.74) is 2.38. The molecule has 0 amide bonds. The van der Waals surface area contributed by atoms with Crippen LogP contribution in [0, 0.1) is 20.8 Å². The lowest BCUT2D eigenvalue weighted by molar-refractivity contribution is 0.426. The third-order valence-corrected chi connectivity index (χ3v) is 6.89. The maximum atomic E-state index is 13.2. The molecule has 144 valence electrons. The van der Waals surface area contributed by atoms with Crippen molar-refractivity contribution in [1.29, 1.82) is 0 Å². The molecule has 0 radical (unpaired) electrons. The van der Waals surface area contributed by atoms with Gasteiger partial charge in [-0.2, -0.15) is 0 Å². The smallest absolute Gasteiger partial charge is 0.263 e. The molecule has 4 rings (SSSR count). The second-order valence-electron chi connectivity index (χ2n) is 6.31. The molecule has 0 bridgehead atoms. The van der Waals surface area contributed by atoms with Gasteiger partial charge >= 0.3 is 0 Å². The maximum Gasteiger partial charge on any atom is 0.263 e. The summed E-state index contributed by atoms with van der Waals surface area (Å²) in [5, 5.41) is 7.57. The standard InChI is InChI=1S/C19H17N3O4S2/c1-11-9-17(26-21-11)18-12(2)27-13(3)19(18)28(23,24)22-15-6-4-5-14(10-15)16-7-8-20-25-16/h4-10,22H,1-3H3. The Morgan fingerprint density at radius 2 is 1.82 bits per heavy atom. The first-order chi connectivity index (χ1) is 13.3. The number of hydrogen-bond acceptors (Lipinski definition) is 7. The van der Waals surface area contributed by atoms with E-state index in [1.807, 2.05) is 13.0 Å². The first-order valence-electron chi connectivity index (χ1n) is 8.43. The van der Waals surface area contributed by atoms with Gasteiger partial charge in [0.25, 0.3) is 10.0 Å². The van der Waals surface area contributed by atoms with Gasteiger partial charge in [0, 0.05) is 33.1 Å². The zero-order valence-corrected chi connectivity index (χ0v) is 17.0. The topological polar surface area (TPSA) is 98.2 Å².